The Hall–Kier alpha value is -2.84. The number of anilines is 3. The number of hydrogen-bond donors (Lipinski definition) is 2. The summed E-state index contributed by atoms with van der Waals surface area (Å²) in [6, 6.07) is 14.1. The lowest BCUT2D eigenvalue weighted by Gasteiger charge is -2.36. The summed E-state index contributed by atoms with van der Waals surface area (Å²) < 4.78 is 5.99. The molecule has 1 aromatic carbocycles. The Morgan fingerprint density at radius 1 is 1.03 bits per heavy atom. The normalized spacial score (nSPS) is 20.1. The number of benzene rings is 1. The number of nitrogens with zero attached hydrogens (tertiary/aromatic N) is 4. The van der Waals surface area contributed by atoms with Crippen molar-refractivity contribution in [2.75, 3.05) is 34.8 Å². The second kappa shape index (κ2) is 11.7. The molecule has 2 fully saturated rings. The van der Waals surface area contributed by atoms with Gasteiger partial charge in [0.25, 0.3) is 0 Å². The van der Waals surface area contributed by atoms with E-state index in [1.165, 1.54) is 32.1 Å². The number of furan rings is 1. The summed E-state index contributed by atoms with van der Waals surface area (Å²) in [4.78, 5) is 14.5. The van der Waals surface area contributed by atoms with Crippen molar-refractivity contribution in [1.82, 2.24) is 15.3 Å². The van der Waals surface area contributed by atoms with Crippen molar-refractivity contribution in [2.24, 2.45) is 5.92 Å². The fourth-order valence-electron chi connectivity index (χ4n) is 5.18. The van der Waals surface area contributed by atoms with Gasteiger partial charge < -0.3 is 24.9 Å². The standard InChI is InChI=1S/C28H35ClN6OS/c1-19-6-5-14-34(18-19)25-16-26(35-15-4-3-7-20(35)2)32-27(31-25)33-28(37)30-17-23-12-13-24(36-23)21-8-10-22(29)11-9-21/h8-13,16,19-20H,3-7,14-15,17-18H2,1-2H3,(H2,30,31,32,33,37). The summed E-state index contributed by atoms with van der Waals surface area (Å²) in [5, 5.41) is 7.63. The molecule has 0 bridgehead atoms. The van der Waals surface area contributed by atoms with E-state index in [1.807, 2.05) is 36.4 Å². The molecule has 2 aliphatic rings. The number of aromatic nitrogens is 2. The number of rotatable bonds is 6. The van der Waals surface area contributed by atoms with Crippen LogP contribution in [0, 0.1) is 5.92 Å². The topological polar surface area (TPSA) is 69.5 Å². The lowest BCUT2D eigenvalue weighted by Crippen LogP contribution is -2.39. The molecular weight excluding hydrogens is 504 g/mol. The SMILES string of the molecule is CC1CCCN(c2cc(N3CCCCC3C)nc(NC(=S)NCc3ccc(-c4ccc(Cl)cc4)o3)n2)C1. The Morgan fingerprint density at radius 3 is 2.62 bits per heavy atom. The Labute approximate surface area is 229 Å². The van der Waals surface area contributed by atoms with Crippen molar-refractivity contribution >= 4 is 46.5 Å². The summed E-state index contributed by atoms with van der Waals surface area (Å²) in [6.45, 7) is 8.11. The van der Waals surface area contributed by atoms with Crippen molar-refractivity contribution < 1.29 is 4.42 Å². The average Bonchev–Trinajstić information content (AvgIpc) is 3.37. The van der Waals surface area contributed by atoms with E-state index in [-0.39, 0.29) is 0 Å². The number of nitrogens with one attached hydrogen (secondary N) is 2. The molecule has 2 saturated heterocycles. The molecule has 3 aromatic rings. The van der Waals surface area contributed by atoms with Gasteiger partial charge in [-0.3, -0.25) is 0 Å². The predicted octanol–water partition coefficient (Wildman–Crippen LogP) is 6.49. The van der Waals surface area contributed by atoms with Gasteiger partial charge in [0, 0.05) is 42.3 Å². The van der Waals surface area contributed by atoms with Gasteiger partial charge in [0.15, 0.2) is 5.11 Å². The van der Waals surface area contributed by atoms with E-state index < -0.39 is 0 Å². The van der Waals surface area contributed by atoms with E-state index in [0.717, 1.165) is 48.4 Å². The molecule has 0 amide bonds. The van der Waals surface area contributed by atoms with Gasteiger partial charge in [0.1, 0.15) is 23.2 Å². The van der Waals surface area contributed by atoms with Crippen LogP contribution in [-0.2, 0) is 6.54 Å². The van der Waals surface area contributed by atoms with E-state index in [0.29, 0.717) is 34.6 Å². The first-order valence-corrected chi connectivity index (χ1v) is 14.0. The molecular formula is C28H35ClN6OS. The van der Waals surface area contributed by atoms with Crippen LogP contribution in [0.3, 0.4) is 0 Å². The van der Waals surface area contributed by atoms with Crippen molar-refractivity contribution in [3.8, 4) is 11.3 Å². The fraction of sp³-hybridized carbons (Fsp3) is 0.464. The van der Waals surface area contributed by atoms with Gasteiger partial charge in [-0.05, 0) is 93.6 Å². The zero-order valence-electron chi connectivity index (χ0n) is 21.5. The van der Waals surface area contributed by atoms with Gasteiger partial charge in [-0.2, -0.15) is 9.97 Å². The van der Waals surface area contributed by atoms with E-state index in [2.05, 4.69) is 40.3 Å². The van der Waals surface area contributed by atoms with Crippen molar-refractivity contribution in [1.29, 1.82) is 0 Å². The van der Waals surface area contributed by atoms with Crippen LogP contribution in [0.15, 0.2) is 46.9 Å². The molecule has 2 aromatic heterocycles. The lowest BCUT2D eigenvalue weighted by atomic mass is 10.0. The number of thiocarbonyl (C=S) groups is 1. The molecule has 37 heavy (non-hydrogen) atoms. The minimum atomic E-state index is 0.457. The highest BCUT2D eigenvalue weighted by molar-refractivity contribution is 7.80. The summed E-state index contributed by atoms with van der Waals surface area (Å²) in [5.74, 6) is 4.71. The van der Waals surface area contributed by atoms with Crippen LogP contribution in [0.2, 0.25) is 5.02 Å². The van der Waals surface area contributed by atoms with E-state index in [9.17, 15) is 0 Å². The molecule has 9 heteroatoms. The molecule has 2 aliphatic heterocycles. The Bertz CT molecular complexity index is 1220. The van der Waals surface area contributed by atoms with Gasteiger partial charge in [0.05, 0.1) is 6.54 Å². The highest BCUT2D eigenvalue weighted by Crippen LogP contribution is 2.29. The summed E-state index contributed by atoms with van der Waals surface area (Å²) in [5.41, 5.74) is 0.980. The molecule has 5 rings (SSSR count). The largest absolute Gasteiger partial charge is 0.459 e. The zero-order chi connectivity index (χ0) is 25.8. The third kappa shape index (κ3) is 6.54. The Morgan fingerprint density at radius 2 is 1.84 bits per heavy atom. The maximum absolute atomic E-state index is 6.00. The first kappa shape index (κ1) is 25.8. The lowest BCUT2D eigenvalue weighted by molar-refractivity contribution is 0.444. The quantitative estimate of drug-likeness (QED) is 0.345. The Kier molecular flexibility index (Phi) is 8.15. The molecule has 4 heterocycles. The van der Waals surface area contributed by atoms with Gasteiger partial charge in [0.2, 0.25) is 5.95 Å². The first-order chi connectivity index (χ1) is 17.9. The number of hydrogen-bond acceptors (Lipinski definition) is 6. The molecule has 7 nitrogen and oxygen atoms in total. The number of halogens is 1. The van der Waals surface area contributed by atoms with Crippen molar-refractivity contribution in [2.45, 2.75) is 58.5 Å². The highest BCUT2D eigenvalue weighted by Gasteiger charge is 2.24. The summed E-state index contributed by atoms with van der Waals surface area (Å²) >= 11 is 11.6. The van der Waals surface area contributed by atoms with Crippen LogP contribution in [0.5, 0.6) is 0 Å². The van der Waals surface area contributed by atoms with Crippen LogP contribution in [-0.4, -0.2) is 40.8 Å². The fourth-order valence-corrected chi connectivity index (χ4v) is 5.47. The van der Waals surface area contributed by atoms with Crippen molar-refractivity contribution in [3.05, 3.63) is 53.2 Å². The molecule has 0 saturated carbocycles. The Balaban J connectivity index is 1.28. The van der Waals surface area contributed by atoms with Gasteiger partial charge in [-0.25, -0.2) is 0 Å². The van der Waals surface area contributed by atoms with Crippen molar-refractivity contribution in [3.63, 3.8) is 0 Å². The molecule has 2 unspecified atom stereocenters. The molecule has 196 valence electrons. The second-order valence-electron chi connectivity index (χ2n) is 10.2. The molecule has 0 spiro atoms. The number of piperidine rings is 2. The monoisotopic (exact) mass is 538 g/mol. The summed E-state index contributed by atoms with van der Waals surface area (Å²) in [6.07, 6.45) is 6.09. The van der Waals surface area contributed by atoms with Crippen LogP contribution in [0.1, 0.15) is 51.7 Å². The van der Waals surface area contributed by atoms with Gasteiger partial charge in [-0.15, -0.1) is 0 Å². The smallest absolute Gasteiger partial charge is 0.232 e. The van der Waals surface area contributed by atoms with Gasteiger partial charge >= 0.3 is 0 Å². The van der Waals surface area contributed by atoms with E-state index >= 15 is 0 Å². The van der Waals surface area contributed by atoms with Crippen LogP contribution < -0.4 is 20.4 Å². The van der Waals surface area contributed by atoms with Gasteiger partial charge in [-0.1, -0.05) is 18.5 Å². The second-order valence-corrected chi connectivity index (χ2v) is 11.1. The van der Waals surface area contributed by atoms with Crippen LogP contribution in [0.4, 0.5) is 17.6 Å². The molecule has 0 aliphatic carbocycles. The third-order valence-electron chi connectivity index (χ3n) is 7.22. The van der Waals surface area contributed by atoms with Crippen LogP contribution in [0.25, 0.3) is 11.3 Å². The molecule has 2 atom stereocenters. The zero-order valence-corrected chi connectivity index (χ0v) is 23.1. The minimum absolute atomic E-state index is 0.457. The van der Waals surface area contributed by atoms with Crippen LogP contribution >= 0.6 is 23.8 Å². The average molecular weight is 539 g/mol. The maximum Gasteiger partial charge on any atom is 0.232 e. The van der Waals surface area contributed by atoms with E-state index in [4.69, 9.17) is 38.2 Å². The predicted molar refractivity (Wildman–Crippen MR) is 156 cm³/mol. The summed E-state index contributed by atoms with van der Waals surface area (Å²) in [7, 11) is 0. The maximum atomic E-state index is 6.00. The third-order valence-corrected chi connectivity index (χ3v) is 7.71. The minimum Gasteiger partial charge on any atom is -0.459 e. The van der Waals surface area contributed by atoms with E-state index in [1.54, 1.807) is 0 Å². The highest BCUT2D eigenvalue weighted by atomic mass is 35.5. The first-order valence-electron chi connectivity index (χ1n) is 13.2. The molecule has 2 N–H and O–H groups in total. The molecule has 0 radical (unpaired) electrons.